The van der Waals surface area contributed by atoms with E-state index in [0.29, 0.717) is 27.2 Å². The number of ether oxygens (including phenoxy) is 1. The topological polar surface area (TPSA) is 113 Å². The number of aromatic nitrogens is 3. The third-order valence-corrected chi connectivity index (χ3v) is 5.32. The maximum atomic E-state index is 14.1. The van der Waals surface area contributed by atoms with Crippen LogP contribution in [-0.4, -0.2) is 38.5 Å². The molecule has 0 spiro atoms. The Bertz CT molecular complexity index is 1290. The first-order chi connectivity index (χ1) is 16.1. The molecule has 34 heavy (non-hydrogen) atoms. The molecule has 2 aromatic heterocycles. The van der Waals surface area contributed by atoms with Crippen LogP contribution < -0.4 is 10.1 Å². The highest BCUT2D eigenvalue weighted by molar-refractivity contribution is 9.10. The van der Waals surface area contributed by atoms with Gasteiger partial charge >= 0.3 is 0 Å². The molecule has 1 atom stereocenters. The summed E-state index contributed by atoms with van der Waals surface area (Å²) in [5.41, 5.74) is 1.59. The summed E-state index contributed by atoms with van der Waals surface area (Å²) < 4.78 is 22.2. The van der Waals surface area contributed by atoms with Crippen LogP contribution in [0.5, 0.6) is 5.75 Å². The van der Waals surface area contributed by atoms with Crippen LogP contribution in [-0.2, 0) is 18.4 Å². The van der Waals surface area contributed by atoms with Crippen molar-refractivity contribution in [3.05, 3.63) is 69.3 Å². The average Bonchev–Trinajstić information content (AvgIpc) is 3.13. The fraction of sp³-hybridized carbons (Fsp3) is 0.261. The van der Waals surface area contributed by atoms with Gasteiger partial charge in [-0.2, -0.15) is 10.4 Å². The fourth-order valence-corrected chi connectivity index (χ4v) is 3.64. The van der Waals surface area contributed by atoms with Gasteiger partial charge in [0.2, 0.25) is 5.91 Å². The van der Waals surface area contributed by atoms with Gasteiger partial charge in [-0.05, 0) is 47.1 Å². The minimum atomic E-state index is -0.681. The molecule has 0 aliphatic heterocycles. The van der Waals surface area contributed by atoms with Gasteiger partial charge in [0.1, 0.15) is 35.3 Å². The van der Waals surface area contributed by atoms with E-state index in [-0.39, 0.29) is 23.8 Å². The number of amides is 2. The first kappa shape index (κ1) is 24.9. The van der Waals surface area contributed by atoms with Crippen LogP contribution in [0.1, 0.15) is 47.3 Å². The summed E-state index contributed by atoms with van der Waals surface area (Å²) in [6.45, 7) is 3.21. The lowest BCUT2D eigenvalue weighted by atomic mass is 10.1. The Kier molecular flexibility index (Phi) is 7.63. The molecule has 0 radical (unpaired) electrons. The van der Waals surface area contributed by atoms with E-state index in [1.54, 1.807) is 33.2 Å². The Morgan fingerprint density at radius 3 is 2.74 bits per heavy atom. The fourth-order valence-electron chi connectivity index (χ4n) is 3.29. The zero-order valence-corrected chi connectivity index (χ0v) is 20.6. The highest BCUT2D eigenvalue weighted by Crippen LogP contribution is 2.31. The molecule has 1 aromatic carbocycles. The molecule has 3 rings (SSSR count). The second kappa shape index (κ2) is 10.4. The standard InChI is InChI=1S/C23H22BrFN6O3/c1-13(20-7-15(24)11-27-22(20)28-14(2)32)34-21-8-16(25)5-6-19(21)23(33)30(3)12-17-9-18(10-26)31(4)29-17/h5-9,11,13H,12H2,1-4H3,(H,27,28,32). The van der Waals surface area contributed by atoms with Crippen LogP contribution >= 0.6 is 15.9 Å². The van der Waals surface area contributed by atoms with Gasteiger partial charge in [0.05, 0.1) is 17.8 Å². The molecule has 2 amide bonds. The number of carbonyl (C=O) groups is 2. The minimum Gasteiger partial charge on any atom is -0.485 e. The predicted molar refractivity (Wildman–Crippen MR) is 125 cm³/mol. The molecule has 176 valence electrons. The molecular formula is C23H22BrFN6O3. The van der Waals surface area contributed by atoms with E-state index in [4.69, 9.17) is 10.00 Å². The van der Waals surface area contributed by atoms with Crippen molar-refractivity contribution in [2.75, 3.05) is 12.4 Å². The summed E-state index contributed by atoms with van der Waals surface area (Å²) in [6, 6.07) is 9.01. The number of aryl methyl sites for hydroxylation is 1. The molecule has 1 N–H and O–H groups in total. The van der Waals surface area contributed by atoms with Crippen LogP contribution in [0.2, 0.25) is 0 Å². The van der Waals surface area contributed by atoms with Gasteiger partial charge in [-0.3, -0.25) is 14.3 Å². The first-order valence-corrected chi connectivity index (χ1v) is 11.0. The molecule has 0 fully saturated rings. The number of hydrogen-bond donors (Lipinski definition) is 1. The third-order valence-electron chi connectivity index (χ3n) is 4.88. The highest BCUT2D eigenvalue weighted by atomic mass is 79.9. The lowest BCUT2D eigenvalue weighted by molar-refractivity contribution is -0.114. The largest absolute Gasteiger partial charge is 0.485 e. The van der Waals surface area contributed by atoms with Crippen LogP contribution in [0.3, 0.4) is 0 Å². The maximum Gasteiger partial charge on any atom is 0.257 e. The van der Waals surface area contributed by atoms with Crippen molar-refractivity contribution in [2.45, 2.75) is 26.5 Å². The van der Waals surface area contributed by atoms with E-state index in [9.17, 15) is 14.0 Å². The van der Waals surface area contributed by atoms with Gasteiger partial charge in [-0.1, -0.05) is 0 Å². The normalized spacial score (nSPS) is 11.4. The second-order valence-corrected chi connectivity index (χ2v) is 8.51. The molecule has 9 nitrogen and oxygen atoms in total. The molecule has 0 saturated carbocycles. The Balaban J connectivity index is 1.87. The zero-order valence-electron chi connectivity index (χ0n) is 19.0. The molecule has 0 saturated heterocycles. The van der Waals surface area contributed by atoms with Crippen molar-refractivity contribution < 1.29 is 18.7 Å². The van der Waals surface area contributed by atoms with E-state index in [2.05, 4.69) is 31.3 Å². The quantitative estimate of drug-likeness (QED) is 0.496. The average molecular weight is 529 g/mol. The molecular weight excluding hydrogens is 507 g/mol. The van der Waals surface area contributed by atoms with Crippen LogP contribution in [0, 0.1) is 17.1 Å². The maximum absolute atomic E-state index is 14.1. The zero-order chi connectivity index (χ0) is 25.0. The molecule has 1 unspecified atom stereocenters. The number of benzene rings is 1. The number of anilines is 1. The molecule has 0 aliphatic rings. The van der Waals surface area contributed by atoms with E-state index in [1.165, 1.54) is 34.8 Å². The van der Waals surface area contributed by atoms with Crippen molar-refractivity contribution >= 4 is 33.6 Å². The number of halogens is 2. The molecule has 0 bridgehead atoms. The highest BCUT2D eigenvalue weighted by Gasteiger charge is 2.22. The van der Waals surface area contributed by atoms with Gasteiger partial charge in [0, 0.05) is 43.3 Å². The van der Waals surface area contributed by atoms with Crippen LogP contribution in [0.15, 0.2) is 41.0 Å². The minimum absolute atomic E-state index is 0.0387. The van der Waals surface area contributed by atoms with Crippen molar-refractivity contribution in [3.63, 3.8) is 0 Å². The molecule has 11 heteroatoms. The monoisotopic (exact) mass is 528 g/mol. The van der Waals surface area contributed by atoms with Crippen LogP contribution in [0.25, 0.3) is 0 Å². The van der Waals surface area contributed by atoms with E-state index >= 15 is 0 Å². The third kappa shape index (κ3) is 5.77. The Morgan fingerprint density at radius 1 is 1.35 bits per heavy atom. The summed E-state index contributed by atoms with van der Waals surface area (Å²) in [6.07, 6.45) is 0.850. The van der Waals surface area contributed by atoms with E-state index in [1.807, 2.05) is 6.07 Å². The smallest absolute Gasteiger partial charge is 0.257 e. The van der Waals surface area contributed by atoms with Crippen LogP contribution in [0.4, 0.5) is 10.2 Å². The SMILES string of the molecule is CC(=O)Nc1ncc(Br)cc1C(C)Oc1cc(F)ccc1C(=O)N(C)Cc1cc(C#N)n(C)n1. The van der Waals surface area contributed by atoms with Crippen molar-refractivity contribution in [1.29, 1.82) is 5.26 Å². The van der Waals surface area contributed by atoms with Gasteiger partial charge in [-0.15, -0.1) is 0 Å². The van der Waals surface area contributed by atoms with E-state index in [0.717, 1.165) is 6.07 Å². The molecule has 2 heterocycles. The Morgan fingerprint density at radius 2 is 2.09 bits per heavy atom. The summed E-state index contributed by atoms with van der Waals surface area (Å²) in [4.78, 5) is 30.3. The van der Waals surface area contributed by atoms with Crippen molar-refractivity contribution in [3.8, 4) is 11.8 Å². The van der Waals surface area contributed by atoms with Gasteiger partial charge < -0.3 is 15.0 Å². The Hall–Kier alpha value is -3.78. The number of nitrogens with zero attached hydrogens (tertiary/aromatic N) is 5. The number of rotatable bonds is 7. The number of nitriles is 1. The summed E-state index contributed by atoms with van der Waals surface area (Å²) in [5.74, 6) is -0.953. The number of nitrogens with one attached hydrogen (secondary N) is 1. The number of hydrogen-bond acceptors (Lipinski definition) is 6. The van der Waals surface area contributed by atoms with Gasteiger partial charge in [-0.25, -0.2) is 9.37 Å². The van der Waals surface area contributed by atoms with Gasteiger partial charge in [0.15, 0.2) is 0 Å². The first-order valence-electron chi connectivity index (χ1n) is 10.2. The summed E-state index contributed by atoms with van der Waals surface area (Å²) in [5, 5.41) is 16.0. The Labute approximate surface area is 204 Å². The second-order valence-electron chi connectivity index (χ2n) is 7.59. The number of carbonyl (C=O) groups excluding carboxylic acids is 2. The summed E-state index contributed by atoms with van der Waals surface area (Å²) >= 11 is 3.35. The van der Waals surface area contributed by atoms with Gasteiger partial charge in [0.25, 0.3) is 5.91 Å². The predicted octanol–water partition coefficient (Wildman–Crippen LogP) is 3.96. The lowest BCUT2D eigenvalue weighted by Gasteiger charge is -2.22. The number of pyridine rings is 1. The van der Waals surface area contributed by atoms with Crippen molar-refractivity contribution in [2.24, 2.45) is 7.05 Å². The van der Waals surface area contributed by atoms with Crippen molar-refractivity contribution in [1.82, 2.24) is 19.7 Å². The summed E-state index contributed by atoms with van der Waals surface area (Å²) in [7, 11) is 3.22. The molecule has 3 aromatic rings. The van der Waals surface area contributed by atoms with E-state index < -0.39 is 17.8 Å². The molecule has 0 aliphatic carbocycles. The lowest BCUT2D eigenvalue weighted by Crippen LogP contribution is -2.27.